The number of hydrogen-bond donors (Lipinski definition) is 0. The van der Waals surface area contributed by atoms with Crippen molar-refractivity contribution in [2.45, 2.75) is 19.3 Å². The van der Waals surface area contributed by atoms with Crippen LogP contribution in [0.1, 0.15) is 25.0 Å². The van der Waals surface area contributed by atoms with E-state index < -0.39 is 0 Å². The third-order valence-electron chi connectivity index (χ3n) is 12.2. The second-order valence-electron chi connectivity index (χ2n) is 15.6. The Labute approximate surface area is 322 Å². The summed E-state index contributed by atoms with van der Waals surface area (Å²) in [4.78, 5) is 0. The number of fused-ring (bicyclic) bond motifs is 8. The summed E-state index contributed by atoms with van der Waals surface area (Å²) in [5.74, 6) is 0. The summed E-state index contributed by atoms with van der Waals surface area (Å²) in [5, 5.41) is 10.3. The molecule has 10 aromatic carbocycles. The van der Waals surface area contributed by atoms with E-state index in [9.17, 15) is 0 Å². The molecule has 11 rings (SSSR count). The van der Waals surface area contributed by atoms with Crippen LogP contribution in [0.4, 0.5) is 0 Å². The molecule has 0 saturated carbocycles. The Morgan fingerprint density at radius 1 is 0.291 bits per heavy atom. The molecule has 0 N–H and O–H groups in total. The summed E-state index contributed by atoms with van der Waals surface area (Å²) >= 11 is 0. The third-order valence-corrected chi connectivity index (χ3v) is 12.2. The average molecular weight is 699 g/mol. The lowest BCUT2D eigenvalue weighted by Crippen LogP contribution is -2.15. The fraction of sp³-hybridized carbons (Fsp3) is 0.0545. The molecule has 0 aliphatic heterocycles. The van der Waals surface area contributed by atoms with Crippen molar-refractivity contribution in [3.63, 3.8) is 0 Å². The van der Waals surface area contributed by atoms with Crippen molar-refractivity contribution >= 4 is 43.1 Å². The monoisotopic (exact) mass is 698 g/mol. The van der Waals surface area contributed by atoms with Crippen molar-refractivity contribution in [1.29, 1.82) is 0 Å². The first-order chi connectivity index (χ1) is 27.0. The van der Waals surface area contributed by atoms with E-state index in [0.29, 0.717) is 0 Å². The van der Waals surface area contributed by atoms with Crippen LogP contribution in [0.5, 0.6) is 0 Å². The van der Waals surface area contributed by atoms with E-state index in [0.717, 1.165) is 0 Å². The lowest BCUT2D eigenvalue weighted by atomic mass is 9.80. The van der Waals surface area contributed by atoms with Crippen LogP contribution in [0.25, 0.3) is 98.7 Å². The SMILES string of the molecule is CC1(C)c2ccc(-c3cccc(-c4c5ccccc5c(-c5ccc(-c6cccc7ccccc67)cc5)c5ccccc45)c3)cc2-c2ccc3ccccc3c21. The van der Waals surface area contributed by atoms with Gasteiger partial charge in [0.05, 0.1) is 0 Å². The summed E-state index contributed by atoms with van der Waals surface area (Å²) in [6, 6.07) is 72.1. The van der Waals surface area contributed by atoms with Gasteiger partial charge in [0.15, 0.2) is 0 Å². The molecular weight excluding hydrogens is 661 g/mol. The Kier molecular flexibility index (Phi) is 7.00. The van der Waals surface area contributed by atoms with Gasteiger partial charge >= 0.3 is 0 Å². The molecule has 0 radical (unpaired) electrons. The van der Waals surface area contributed by atoms with Gasteiger partial charge in [-0.3, -0.25) is 0 Å². The molecule has 0 heteroatoms. The fourth-order valence-electron chi connectivity index (χ4n) is 9.69. The minimum absolute atomic E-state index is 0.0677. The smallest absolute Gasteiger partial charge is 0.0165 e. The maximum Gasteiger partial charge on any atom is 0.0165 e. The van der Waals surface area contributed by atoms with Crippen molar-refractivity contribution in [3.05, 3.63) is 205 Å². The summed E-state index contributed by atoms with van der Waals surface area (Å²) < 4.78 is 0. The average Bonchev–Trinajstić information content (AvgIpc) is 3.48. The largest absolute Gasteiger partial charge is 0.0616 e. The second kappa shape index (κ2) is 12.1. The Hall–Kier alpha value is -6.76. The molecule has 0 spiro atoms. The zero-order valence-corrected chi connectivity index (χ0v) is 31.0. The van der Waals surface area contributed by atoms with Gasteiger partial charge in [0.25, 0.3) is 0 Å². The highest BCUT2D eigenvalue weighted by Crippen LogP contribution is 2.52. The van der Waals surface area contributed by atoms with Gasteiger partial charge in [0, 0.05) is 5.41 Å². The van der Waals surface area contributed by atoms with Gasteiger partial charge in [-0.2, -0.15) is 0 Å². The molecule has 0 aromatic heterocycles. The first-order valence-corrected chi connectivity index (χ1v) is 19.3. The molecule has 0 heterocycles. The van der Waals surface area contributed by atoms with Crippen LogP contribution in [0.3, 0.4) is 0 Å². The Balaban J connectivity index is 1.05. The van der Waals surface area contributed by atoms with E-state index in [-0.39, 0.29) is 5.41 Å². The summed E-state index contributed by atoms with van der Waals surface area (Å²) in [6.45, 7) is 4.76. The molecule has 1 aliphatic rings. The molecule has 0 saturated heterocycles. The van der Waals surface area contributed by atoms with E-state index in [1.54, 1.807) is 0 Å². The minimum atomic E-state index is -0.0677. The summed E-state index contributed by atoms with van der Waals surface area (Å²) in [6.07, 6.45) is 0. The lowest BCUT2D eigenvalue weighted by molar-refractivity contribution is 0.666. The van der Waals surface area contributed by atoms with Gasteiger partial charge in [-0.25, -0.2) is 0 Å². The normalized spacial score (nSPS) is 13.1. The predicted octanol–water partition coefficient (Wildman–Crippen LogP) is 15.3. The highest BCUT2D eigenvalue weighted by molar-refractivity contribution is 6.21. The van der Waals surface area contributed by atoms with Crippen molar-refractivity contribution < 1.29 is 0 Å². The highest BCUT2D eigenvalue weighted by Gasteiger charge is 2.37. The van der Waals surface area contributed by atoms with Crippen molar-refractivity contribution in [2.75, 3.05) is 0 Å². The second-order valence-corrected chi connectivity index (χ2v) is 15.6. The molecule has 0 unspecified atom stereocenters. The molecule has 55 heavy (non-hydrogen) atoms. The van der Waals surface area contributed by atoms with Crippen molar-refractivity contribution in [1.82, 2.24) is 0 Å². The van der Waals surface area contributed by atoms with Crippen LogP contribution in [0.15, 0.2) is 194 Å². The molecule has 1 aliphatic carbocycles. The quantitative estimate of drug-likeness (QED) is 0.161. The molecule has 10 aromatic rings. The van der Waals surface area contributed by atoms with Crippen molar-refractivity contribution in [3.8, 4) is 55.6 Å². The van der Waals surface area contributed by atoms with Crippen LogP contribution >= 0.6 is 0 Å². The molecule has 258 valence electrons. The van der Waals surface area contributed by atoms with Crippen LogP contribution in [-0.4, -0.2) is 0 Å². The van der Waals surface area contributed by atoms with Gasteiger partial charge < -0.3 is 0 Å². The van der Waals surface area contributed by atoms with E-state index in [4.69, 9.17) is 0 Å². The third kappa shape index (κ3) is 4.85. The Bertz CT molecular complexity index is 3100. The summed E-state index contributed by atoms with van der Waals surface area (Å²) in [5.41, 5.74) is 15.5. The maximum atomic E-state index is 2.43. The van der Waals surface area contributed by atoms with E-state index in [1.165, 1.54) is 110 Å². The van der Waals surface area contributed by atoms with Crippen LogP contribution in [0, 0.1) is 0 Å². The van der Waals surface area contributed by atoms with Crippen LogP contribution in [-0.2, 0) is 5.41 Å². The standard InChI is InChI=1S/C55H38/c1-55(2)51-32-30-40(34-50(51)49-31-29-36-14-4-6-19-44(36)54(49)55)39-16-11-17-41(33-39)53-47-22-9-7-20-45(47)52(46-21-8-10-23-48(46)53)38-27-25-37(26-28-38)43-24-12-15-35-13-3-5-18-42(35)43/h3-34H,1-2H3. The predicted molar refractivity (Wildman–Crippen MR) is 236 cm³/mol. The number of rotatable bonds is 4. The highest BCUT2D eigenvalue weighted by atomic mass is 14.4. The Morgan fingerprint density at radius 3 is 1.47 bits per heavy atom. The molecule has 0 amide bonds. The first-order valence-electron chi connectivity index (χ1n) is 19.3. The minimum Gasteiger partial charge on any atom is -0.0616 e. The number of hydrogen-bond acceptors (Lipinski definition) is 0. The van der Waals surface area contributed by atoms with Gasteiger partial charge in [0.1, 0.15) is 0 Å². The van der Waals surface area contributed by atoms with Crippen LogP contribution < -0.4 is 0 Å². The topological polar surface area (TPSA) is 0 Å². The summed E-state index contributed by atoms with van der Waals surface area (Å²) in [7, 11) is 0. The van der Waals surface area contributed by atoms with E-state index in [2.05, 4.69) is 208 Å². The van der Waals surface area contributed by atoms with Crippen molar-refractivity contribution in [2.24, 2.45) is 0 Å². The van der Waals surface area contributed by atoms with Gasteiger partial charge in [-0.1, -0.05) is 196 Å². The van der Waals surface area contributed by atoms with Gasteiger partial charge in [-0.05, 0) is 122 Å². The number of benzene rings is 10. The first kappa shape index (κ1) is 31.7. The molecule has 0 bridgehead atoms. The van der Waals surface area contributed by atoms with Crippen LogP contribution in [0.2, 0.25) is 0 Å². The van der Waals surface area contributed by atoms with E-state index in [1.807, 2.05) is 0 Å². The molecule has 0 atom stereocenters. The molecule has 0 fully saturated rings. The molecular formula is C55H38. The lowest BCUT2D eigenvalue weighted by Gasteiger charge is -2.23. The maximum absolute atomic E-state index is 2.43. The van der Waals surface area contributed by atoms with Gasteiger partial charge in [0.2, 0.25) is 0 Å². The van der Waals surface area contributed by atoms with E-state index >= 15 is 0 Å². The zero-order valence-electron chi connectivity index (χ0n) is 31.0. The molecule has 0 nitrogen and oxygen atoms in total. The van der Waals surface area contributed by atoms with Gasteiger partial charge in [-0.15, -0.1) is 0 Å². The fourth-order valence-corrected chi connectivity index (χ4v) is 9.69. The Morgan fingerprint density at radius 2 is 0.782 bits per heavy atom. The zero-order chi connectivity index (χ0) is 36.7.